The first kappa shape index (κ1) is 17.7. The predicted octanol–water partition coefficient (Wildman–Crippen LogP) is 1.42. The van der Waals surface area contributed by atoms with E-state index in [1.165, 1.54) is 6.07 Å². The largest absolute Gasteiger partial charge is 0.390 e. The van der Waals surface area contributed by atoms with Gasteiger partial charge in [-0.3, -0.25) is 14.0 Å². The summed E-state index contributed by atoms with van der Waals surface area (Å²) < 4.78 is 1.78. The highest BCUT2D eigenvalue weighted by Gasteiger charge is 2.29. The lowest BCUT2D eigenvalue weighted by Gasteiger charge is -2.36. The van der Waals surface area contributed by atoms with Crippen LogP contribution in [0.2, 0.25) is 0 Å². The van der Waals surface area contributed by atoms with E-state index in [9.17, 15) is 14.7 Å². The van der Waals surface area contributed by atoms with Gasteiger partial charge in [-0.1, -0.05) is 6.07 Å². The zero-order valence-electron chi connectivity index (χ0n) is 16.2. The van der Waals surface area contributed by atoms with Gasteiger partial charge in [0.15, 0.2) is 5.65 Å². The average Bonchev–Trinajstić information content (AvgIpc) is 3.19. The van der Waals surface area contributed by atoms with Gasteiger partial charge in [-0.15, -0.1) is 0 Å². The molecule has 0 spiro atoms. The van der Waals surface area contributed by atoms with Crippen molar-refractivity contribution in [3.05, 3.63) is 39.7 Å². The van der Waals surface area contributed by atoms with Crippen LogP contribution >= 0.6 is 0 Å². The summed E-state index contributed by atoms with van der Waals surface area (Å²) in [5.41, 5.74) is 8.49. The number of H-pyrrole nitrogens is 2. The Morgan fingerprint density at radius 1 is 1.31 bits per heavy atom. The zero-order valence-corrected chi connectivity index (χ0v) is 16.2. The molecule has 0 bridgehead atoms. The quantitative estimate of drug-likeness (QED) is 0.408. The summed E-state index contributed by atoms with van der Waals surface area (Å²) >= 11 is 0. The molecule has 5 rings (SSSR count). The fourth-order valence-corrected chi connectivity index (χ4v) is 4.23. The number of anilines is 1. The van der Waals surface area contributed by atoms with E-state index in [0.29, 0.717) is 53.8 Å². The highest BCUT2D eigenvalue weighted by molar-refractivity contribution is 6.12. The highest BCUT2D eigenvalue weighted by Crippen LogP contribution is 2.31. The summed E-state index contributed by atoms with van der Waals surface area (Å²) in [6.07, 6.45) is 3.14. The third-order valence-electron chi connectivity index (χ3n) is 5.93. The Kier molecular flexibility index (Phi) is 3.57. The Hall–Kier alpha value is -3.33. The zero-order chi connectivity index (χ0) is 20.5. The van der Waals surface area contributed by atoms with Gasteiger partial charge in [0, 0.05) is 19.3 Å². The Balaban J connectivity index is 1.77. The van der Waals surface area contributed by atoms with E-state index in [0.717, 1.165) is 11.4 Å². The number of primary amides is 1. The van der Waals surface area contributed by atoms with Crippen LogP contribution < -0.4 is 16.1 Å². The third kappa shape index (κ3) is 2.54. The number of benzene rings is 1. The number of fused-ring (bicyclic) bond motifs is 5. The summed E-state index contributed by atoms with van der Waals surface area (Å²) in [4.78, 5) is 37.8. The summed E-state index contributed by atoms with van der Waals surface area (Å²) in [6.45, 7) is 5.12. The molecule has 0 unspecified atom stereocenters. The Bertz CT molecular complexity index is 1350. The minimum atomic E-state index is -0.657. The van der Waals surface area contributed by atoms with Crippen LogP contribution in [-0.2, 0) is 0 Å². The smallest absolute Gasteiger partial charge is 0.254 e. The maximum Gasteiger partial charge on any atom is 0.254 e. The van der Waals surface area contributed by atoms with Gasteiger partial charge in [0.05, 0.1) is 16.6 Å². The first-order chi connectivity index (χ1) is 13.8. The monoisotopic (exact) mass is 394 g/mol. The molecule has 9 heteroatoms. The van der Waals surface area contributed by atoms with E-state index in [-0.39, 0.29) is 11.0 Å². The van der Waals surface area contributed by atoms with Gasteiger partial charge in [-0.2, -0.15) is 0 Å². The van der Waals surface area contributed by atoms with Crippen LogP contribution in [0, 0.1) is 6.92 Å². The molecule has 0 saturated carbocycles. The van der Waals surface area contributed by atoms with E-state index >= 15 is 0 Å². The standard InChI is InChI=1S/C20H22N6O3/c1-10-3-4-11(27)14-16(10)26-18(24-14)13(17(21)28)15-19(26)22-9-12(23-15)25-7-5-20(2,29)6-8-25/h3-4,9,22-23,29H,5-8H2,1-2H3,(H2,21,28). The topological polar surface area (TPSA) is 133 Å². The van der Waals surface area contributed by atoms with Crippen molar-refractivity contribution in [3.63, 3.8) is 0 Å². The number of aromatic amines is 2. The Morgan fingerprint density at radius 3 is 2.72 bits per heavy atom. The van der Waals surface area contributed by atoms with Crippen LogP contribution in [0.15, 0.2) is 23.1 Å². The SMILES string of the molecule is Cc1ccc(=O)c2nc3c(C(N)=O)c4[nH]c(N5CCC(C)(O)CC5)c[nH]c4n3c12. The van der Waals surface area contributed by atoms with Crippen molar-refractivity contribution >= 4 is 39.6 Å². The highest BCUT2D eigenvalue weighted by atomic mass is 16.3. The number of imidazole rings is 1. The molecule has 1 saturated heterocycles. The van der Waals surface area contributed by atoms with Crippen molar-refractivity contribution < 1.29 is 9.90 Å². The van der Waals surface area contributed by atoms with Crippen LogP contribution in [0.25, 0.3) is 27.8 Å². The number of carbonyl (C=O) groups excluding carboxylic acids is 1. The average molecular weight is 394 g/mol. The maximum atomic E-state index is 12.3. The number of hydrogen-bond donors (Lipinski definition) is 4. The Morgan fingerprint density at radius 2 is 2.03 bits per heavy atom. The molecule has 1 fully saturated rings. The number of rotatable bonds is 2. The van der Waals surface area contributed by atoms with E-state index in [1.54, 1.807) is 10.5 Å². The van der Waals surface area contributed by atoms with E-state index in [2.05, 4.69) is 19.9 Å². The van der Waals surface area contributed by atoms with Gasteiger partial charge in [0.1, 0.15) is 22.5 Å². The first-order valence-electron chi connectivity index (χ1n) is 9.59. The van der Waals surface area contributed by atoms with Crippen LogP contribution in [-0.4, -0.2) is 49.1 Å². The summed E-state index contributed by atoms with van der Waals surface area (Å²) in [6, 6.07) is 3.23. The molecular formula is C20H22N6O3. The van der Waals surface area contributed by atoms with Crippen molar-refractivity contribution in [2.45, 2.75) is 32.3 Å². The van der Waals surface area contributed by atoms with E-state index in [4.69, 9.17) is 5.73 Å². The molecule has 1 aliphatic rings. The van der Waals surface area contributed by atoms with Crippen LogP contribution in [0.5, 0.6) is 0 Å². The number of aryl methyl sites for hydroxylation is 1. The molecule has 5 N–H and O–H groups in total. The number of nitrogens with zero attached hydrogens (tertiary/aromatic N) is 3. The molecule has 0 atom stereocenters. The van der Waals surface area contributed by atoms with E-state index < -0.39 is 11.5 Å². The molecule has 3 aromatic heterocycles. The number of hydrogen-bond acceptors (Lipinski definition) is 5. The van der Waals surface area contributed by atoms with Crippen LogP contribution in [0.4, 0.5) is 5.82 Å². The lowest BCUT2D eigenvalue weighted by Crippen LogP contribution is -2.42. The normalized spacial score (nSPS) is 16.9. The van der Waals surface area contributed by atoms with Crippen molar-refractivity contribution in [3.8, 4) is 0 Å². The fourth-order valence-electron chi connectivity index (χ4n) is 4.23. The van der Waals surface area contributed by atoms with Crippen molar-refractivity contribution in [1.82, 2.24) is 19.4 Å². The van der Waals surface area contributed by atoms with Gasteiger partial charge in [0.25, 0.3) is 5.91 Å². The molecule has 9 nitrogen and oxygen atoms in total. The predicted molar refractivity (Wildman–Crippen MR) is 111 cm³/mol. The minimum absolute atomic E-state index is 0.196. The number of piperidine rings is 1. The molecule has 4 aromatic rings. The maximum absolute atomic E-state index is 12.3. The fraction of sp³-hybridized carbons (Fsp3) is 0.350. The van der Waals surface area contributed by atoms with Gasteiger partial charge >= 0.3 is 0 Å². The third-order valence-corrected chi connectivity index (χ3v) is 5.93. The molecule has 0 aliphatic carbocycles. The van der Waals surface area contributed by atoms with Crippen LogP contribution in [0.1, 0.15) is 35.7 Å². The Labute approximate surface area is 165 Å². The molecule has 1 aromatic carbocycles. The summed E-state index contributed by atoms with van der Waals surface area (Å²) in [7, 11) is 0. The van der Waals surface area contributed by atoms with Gasteiger partial charge in [0.2, 0.25) is 5.43 Å². The second-order valence-electron chi connectivity index (χ2n) is 8.09. The number of nitrogens with one attached hydrogen (secondary N) is 2. The van der Waals surface area contributed by atoms with Crippen molar-refractivity contribution in [2.75, 3.05) is 18.0 Å². The van der Waals surface area contributed by atoms with Crippen molar-refractivity contribution in [2.24, 2.45) is 5.73 Å². The van der Waals surface area contributed by atoms with Gasteiger partial charge in [-0.05, 0) is 38.3 Å². The van der Waals surface area contributed by atoms with Gasteiger partial charge in [-0.25, -0.2) is 4.98 Å². The number of aromatic nitrogens is 4. The second-order valence-corrected chi connectivity index (χ2v) is 8.09. The molecule has 29 heavy (non-hydrogen) atoms. The second kappa shape index (κ2) is 5.84. The first-order valence-corrected chi connectivity index (χ1v) is 9.59. The lowest BCUT2D eigenvalue weighted by molar-refractivity contribution is 0.0350. The molecule has 150 valence electrons. The van der Waals surface area contributed by atoms with E-state index in [1.807, 2.05) is 20.0 Å². The lowest BCUT2D eigenvalue weighted by atomic mass is 9.94. The molecule has 0 radical (unpaired) electrons. The molecular weight excluding hydrogens is 372 g/mol. The summed E-state index contributed by atoms with van der Waals surface area (Å²) in [5, 5.41) is 10.2. The summed E-state index contributed by atoms with van der Waals surface area (Å²) in [5.74, 6) is 0.183. The van der Waals surface area contributed by atoms with Crippen LogP contribution in [0.3, 0.4) is 0 Å². The number of carbonyl (C=O) groups is 1. The molecule has 1 amide bonds. The molecule has 4 heterocycles. The molecule has 1 aliphatic heterocycles. The van der Waals surface area contributed by atoms with Gasteiger partial charge < -0.3 is 25.7 Å². The minimum Gasteiger partial charge on any atom is -0.390 e. The number of nitrogens with two attached hydrogens (primary N) is 1. The number of aliphatic hydroxyl groups is 1. The van der Waals surface area contributed by atoms with Crippen molar-refractivity contribution in [1.29, 1.82) is 0 Å². The number of amides is 1.